The lowest BCUT2D eigenvalue weighted by molar-refractivity contribution is 0.0844. The molecule has 0 aliphatic carbocycles. The smallest absolute Gasteiger partial charge is 0.273 e. The maximum atomic E-state index is 12.1. The molecule has 0 aliphatic heterocycles. The summed E-state index contributed by atoms with van der Waals surface area (Å²) in [6, 6.07) is 11.7. The van der Waals surface area contributed by atoms with Crippen LogP contribution in [0.1, 0.15) is 26.3 Å². The monoisotopic (exact) mass is 318 g/mol. The fraction of sp³-hybridized carbons (Fsp3) is 0.125. The summed E-state index contributed by atoms with van der Waals surface area (Å²) in [5.41, 5.74) is 6.32. The van der Waals surface area contributed by atoms with Crippen LogP contribution in [0.5, 0.6) is 5.75 Å². The van der Waals surface area contributed by atoms with Crippen LogP contribution < -0.4 is 15.6 Å². The van der Waals surface area contributed by atoms with Crippen molar-refractivity contribution in [2.45, 2.75) is 6.92 Å². The zero-order chi connectivity index (χ0) is 16.1. The summed E-state index contributed by atoms with van der Waals surface area (Å²) < 4.78 is 5.10. The highest BCUT2D eigenvalue weighted by molar-refractivity contribution is 6.30. The van der Waals surface area contributed by atoms with Gasteiger partial charge in [-0.05, 0) is 36.8 Å². The van der Waals surface area contributed by atoms with E-state index in [1.807, 2.05) is 19.1 Å². The Morgan fingerprint density at radius 3 is 2.27 bits per heavy atom. The van der Waals surface area contributed by atoms with Crippen LogP contribution in [-0.4, -0.2) is 18.9 Å². The second-order valence-corrected chi connectivity index (χ2v) is 5.00. The molecule has 2 N–H and O–H groups in total. The van der Waals surface area contributed by atoms with E-state index in [9.17, 15) is 9.59 Å². The molecule has 0 heterocycles. The van der Waals surface area contributed by atoms with Crippen molar-refractivity contribution in [3.63, 3.8) is 0 Å². The number of aryl methyl sites for hydroxylation is 1. The first kappa shape index (κ1) is 15.9. The third-order valence-electron chi connectivity index (χ3n) is 3.09. The van der Waals surface area contributed by atoms with Crippen molar-refractivity contribution in [3.05, 3.63) is 64.2 Å². The molecular weight excluding hydrogens is 304 g/mol. The molecule has 0 bridgehead atoms. The molecule has 0 saturated carbocycles. The van der Waals surface area contributed by atoms with Gasteiger partial charge in [0.1, 0.15) is 5.75 Å². The van der Waals surface area contributed by atoms with Crippen molar-refractivity contribution in [2.75, 3.05) is 7.11 Å². The summed E-state index contributed by atoms with van der Waals surface area (Å²) in [6.07, 6.45) is 0. The number of rotatable bonds is 3. The molecule has 2 rings (SSSR count). The average molecular weight is 319 g/mol. The van der Waals surface area contributed by atoms with E-state index in [2.05, 4.69) is 10.9 Å². The number of halogens is 1. The number of nitrogens with one attached hydrogen (secondary N) is 2. The second-order valence-electron chi connectivity index (χ2n) is 4.57. The second kappa shape index (κ2) is 6.95. The molecule has 6 heteroatoms. The van der Waals surface area contributed by atoms with E-state index in [-0.39, 0.29) is 11.5 Å². The first-order chi connectivity index (χ1) is 10.5. The summed E-state index contributed by atoms with van der Waals surface area (Å²) in [6.45, 7) is 1.82. The minimum atomic E-state index is -0.490. The molecule has 0 atom stereocenters. The maximum Gasteiger partial charge on any atom is 0.273 e. The molecule has 0 aliphatic rings. The van der Waals surface area contributed by atoms with Gasteiger partial charge in [0.15, 0.2) is 0 Å². The molecule has 0 aromatic heterocycles. The van der Waals surface area contributed by atoms with E-state index >= 15 is 0 Å². The van der Waals surface area contributed by atoms with E-state index in [0.29, 0.717) is 16.3 Å². The van der Waals surface area contributed by atoms with Crippen LogP contribution in [0, 0.1) is 6.92 Å². The summed E-state index contributed by atoms with van der Waals surface area (Å²) in [7, 11) is 1.44. The predicted molar refractivity (Wildman–Crippen MR) is 84.1 cm³/mol. The van der Waals surface area contributed by atoms with Crippen molar-refractivity contribution in [1.82, 2.24) is 10.9 Å². The van der Waals surface area contributed by atoms with Crippen molar-refractivity contribution in [3.8, 4) is 5.75 Å². The first-order valence-electron chi connectivity index (χ1n) is 6.52. The van der Waals surface area contributed by atoms with Crippen molar-refractivity contribution in [2.24, 2.45) is 0 Å². The molecular formula is C16H15ClN2O3. The van der Waals surface area contributed by atoms with Gasteiger partial charge >= 0.3 is 0 Å². The summed E-state index contributed by atoms with van der Waals surface area (Å²) >= 11 is 5.84. The SMILES string of the molecule is COc1cc(Cl)ccc1C(=O)NNC(=O)c1ccccc1C. The largest absolute Gasteiger partial charge is 0.496 e. The van der Waals surface area contributed by atoms with Crippen molar-refractivity contribution in [1.29, 1.82) is 0 Å². The van der Waals surface area contributed by atoms with Crippen LogP contribution in [0.25, 0.3) is 0 Å². The molecule has 2 aromatic rings. The Morgan fingerprint density at radius 2 is 1.64 bits per heavy atom. The van der Waals surface area contributed by atoms with Crippen molar-refractivity contribution >= 4 is 23.4 Å². The zero-order valence-electron chi connectivity index (χ0n) is 12.1. The maximum absolute atomic E-state index is 12.1. The van der Waals surface area contributed by atoms with Crippen LogP contribution >= 0.6 is 11.6 Å². The van der Waals surface area contributed by atoms with Crippen LogP contribution in [0.3, 0.4) is 0 Å². The van der Waals surface area contributed by atoms with E-state index in [1.54, 1.807) is 18.2 Å². The molecule has 0 spiro atoms. The van der Waals surface area contributed by atoms with Gasteiger partial charge in [0, 0.05) is 10.6 Å². The highest BCUT2D eigenvalue weighted by atomic mass is 35.5. The van der Waals surface area contributed by atoms with E-state index < -0.39 is 5.91 Å². The molecule has 5 nitrogen and oxygen atoms in total. The minimum absolute atomic E-state index is 0.275. The lowest BCUT2D eigenvalue weighted by atomic mass is 10.1. The summed E-state index contributed by atoms with van der Waals surface area (Å²) in [5, 5.41) is 0.456. The van der Waals surface area contributed by atoms with Gasteiger partial charge in [0.25, 0.3) is 11.8 Å². The van der Waals surface area contributed by atoms with Gasteiger partial charge in [-0.25, -0.2) is 0 Å². The van der Waals surface area contributed by atoms with Gasteiger partial charge < -0.3 is 4.74 Å². The third-order valence-corrected chi connectivity index (χ3v) is 3.32. The van der Waals surface area contributed by atoms with Crippen LogP contribution in [0.2, 0.25) is 5.02 Å². The number of hydrogen-bond donors (Lipinski definition) is 2. The van der Waals surface area contributed by atoms with Crippen molar-refractivity contribution < 1.29 is 14.3 Å². The van der Waals surface area contributed by atoms with E-state index in [0.717, 1.165) is 5.56 Å². The number of carbonyl (C=O) groups excluding carboxylic acids is 2. The molecule has 114 valence electrons. The standard InChI is InChI=1S/C16H15ClN2O3/c1-10-5-3-4-6-12(10)15(20)18-19-16(21)13-8-7-11(17)9-14(13)22-2/h3-9H,1-2H3,(H,18,20)(H,19,21). The van der Waals surface area contributed by atoms with Gasteiger partial charge in [0.05, 0.1) is 12.7 Å². The molecule has 0 radical (unpaired) electrons. The number of methoxy groups -OCH3 is 1. The van der Waals surface area contributed by atoms with Gasteiger partial charge in [-0.3, -0.25) is 20.4 Å². The van der Waals surface area contributed by atoms with Gasteiger partial charge in [-0.1, -0.05) is 29.8 Å². The molecule has 0 unspecified atom stereocenters. The Bertz CT molecular complexity index is 716. The summed E-state index contributed by atoms with van der Waals surface area (Å²) in [4.78, 5) is 24.1. The number of carbonyl (C=O) groups is 2. The van der Waals surface area contributed by atoms with Gasteiger partial charge in [-0.2, -0.15) is 0 Å². The van der Waals surface area contributed by atoms with Gasteiger partial charge in [0.2, 0.25) is 0 Å². The van der Waals surface area contributed by atoms with Crippen LogP contribution in [0.15, 0.2) is 42.5 Å². The number of hydrazine groups is 1. The fourth-order valence-electron chi connectivity index (χ4n) is 1.93. The Labute approximate surface area is 133 Å². The third kappa shape index (κ3) is 3.56. The van der Waals surface area contributed by atoms with Crippen LogP contribution in [-0.2, 0) is 0 Å². The topological polar surface area (TPSA) is 67.4 Å². The Balaban J connectivity index is 2.07. The number of benzene rings is 2. The first-order valence-corrected chi connectivity index (χ1v) is 6.90. The highest BCUT2D eigenvalue weighted by Gasteiger charge is 2.14. The number of ether oxygens (including phenoxy) is 1. The number of hydrogen-bond acceptors (Lipinski definition) is 3. The molecule has 2 aromatic carbocycles. The fourth-order valence-corrected chi connectivity index (χ4v) is 2.09. The molecule has 0 saturated heterocycles. The zero-order valence-corrected chi connectivity index (χ0v) is 12.9. The molecule has 2 amide bonds. The quantitative estimate of drug-likeness (QED) is 0.855. The molecule has 22 heavy (non-hydrogen) atoms. The molecule has 0 fully saturated rings. The normalized spacial score (nSPS) is 9.95. The van der Waals surface area contributed by atoms with Crippen LogP contribution in [0.4, 0.5) is 0 Å². The lowest BCUT2D eigenvalue weighted by Gasteiger charge is -2.11. The Morgan fingerprint density at radius 1 is 1.00 bits per heavy atom. The minimum Gasteiger partial charge on any atom is -0.496 e. The highest BCUT2D eigenvalue weighted by Crippen LogP contribution is 2.22. The van der Waals surface area contributed by atoms with E-state index in [4.69, 9.17) is 16.3 Å². The Hall–Kier alpha value is -2.53. The lowest BCUT2D eigenvalue weighted by Crippen LogP contribution is -2.42. The van der Waals surface area contributed by atoms with E-state index in [1.165, 1.54) is 19.2 Å². The number of amides is 2. The van der Waals surface area contributed by atoms with Gasteiger partial charge in [-0.15, -0.1) is 0 Å². The Kier molecular flexibility index (Phi) is 5.01. The summed E-state index contributed by atoms with van der Waals surface area (Å²) in [5.74, 6) is -0.551. The predicted octanol–water partition coefficient (Wildman–Crippen LogP) is 2.73. The average Bonchev–Trinajstić information content (AvgIpc) is 2.52.